The average Bonchev–Trinajstić information content (AvgIpc) is 3.11. The summed E-state index contributed by atoms with van der Waals surface area (Å²) in [6.45, 7) is 2.20. The van der Waals surface area contributed by atoms with E-state index in [1.54, 1.807) is 0 Å². The number of aliphatic imine (C=N–C) groups is 1. The van der Waals surface area contributed by atoms with Crippen LogP contribution in [0.15, 0.2) is 29.3 Å². The normalized spacial score (nSPS) is 21.7. The van der Waals surface area contributed by atoms with Gasteiger partial charge in [0.05, 0.1) is 6.54 Å². The molecule has 0 unspecified atom stereocenters. The van der Waals surface area contributed by atoms with Crippen LogP contribution in [0.25, 0.3) is 0 Å². The molecule has 0 amide bonds. The van der Waals surface area contributed by atoms with Gasteiger partial charge in [0.2, 0.25) is 5.90 Å². The molecule has 1 aromatic carbocycles. The monoisotopic (exact) mass is 244 g/mol. The summed E-state index contributed by atoms with van der Waals surface area (Å²) < 4.78 is 5.64. The highest BCUT2D eigenvalue weighted by Crippen LogP contribution is 2.41. The molecule has 0 saturated heterocycles. The van der Waals surface area contributed by atoms with Crippen molar-refractivity contribution in [2.75, 3.05) is 19.7 Å². The zero-order chi connectivity index (χ0) is 12.4. The minimum atomic E-state index is 0.144. The Hall–Kier alpha value is -1.35. The summed E-state index contributed by atoms with van der Waals surface area (Å²) in [6.07, 6.45) is 4.93. The summed E-state index contributed by atoms with van der Waals surface area (Å²) >= 11 is 0. The fourth-order valence-corrected chi connectivity index (χ4v) is 3.27. The van der Waals surface area contributed by atoms with Gasteiger partial charge in [-0.3, -0.25) is 0 Å². The van der Waals surface area contributed by atoms with Gasteiger partial charge in [-0.25, -0.2) is 4.99 Å². The second kappa shape index (κ2) is 4.73. The van der Waals surface area contributed by atoms with Gasteiger partial charge >= 0.3 is 0 Å². The maximum absolute atomic E-state index is 6.09. The van der Waals surface area contributed by atoms with Crippen molar-refractivity contribution in [2.24, 2.45) is 10.7 Å². The molecule has 1 saturated carbocycles. The summed E-state index contributed by atoms with van der Waals surface area (Å²) in [5.41, 5.74) is 8.73. The Morgan fingerprint density at radius 3 is 2.67 bits per heavy atom. The van der Waals surface area contributed by atoms with Crippen LogP contribution in [-0.2, 0) is 10.2 Å². The van der Waals surface area contributed by atoms with Gasteiger partial charge in [-0.1, -0.05) is 31.0 Å². The summed E-state index contributed by atoms with van der Waals surface area (Å²) in [6, 6.07) is 8.49. The van der Waals surface area contributed by atoms with E-state index in [4.69, 9.17) is 10.5 Å². The van der Waals surface area contributed by atoms with E-state index in [1.807, 2.05) is 0 Å². The molecule has 0 aromatic heterocycles. The van der Waals surface area contributed by atoms with E-state index < -0.39 is 0 Å². The summed E-state index contributed by atoms with van der Waals surface area (Å²) in [7, 11) is 0. The van der Waals surface area contributed by atoms with Crippen LogP contribution in [0.3, 0.4) is 0 Å². The Morgan fingerprint density at radius 2 is 2.00 bits per heavy atom. The molecule has 0 atom stereocenters. The van der Waals surface area contributed by atoms with Crippen LogP contribution in [0.4, 0.5) is 0 Å². The second-order valence-corrected chi connectivity index (χ2v) is 5.27. The van der Waals surface area contributed by atoms with Gasteiger partial charge in [0.15, 0.2) is 0 Å². The molecule has 1 aliphatic carbocycles. The molecule has 2 aliphatic rings. The molecule has 1 aliphatic heterocycles. The van der Waals surface area contributed by atoms with Crippen LogP contribution < -0.4 is 5.73 Å². The smallest absolute Gasteiger partial charge is 0.216 e. The van der Waals surface area contributed by atoms with Gasteiger partial charge in [-0.2, -0.15) is 0 Å². The van der Waals surface area contributed by atoms with E-state index in [9.17, 15) is 0 Å². The minimum Gasteiger partial charge on any atom is -0.476 e. The van der Waals surface area contributed by atoms with Crippen molar-refractivity contribution in [3.63, 3.8) is 0 Å². The fraction of sp³-hybridized carbons (Fsp3) is 0.533. The van der Waals surface area contributed by atoms with Gasteiger partial charge < -0.3 is 10.5 Å². The first-order valence-electron chi connectivity index (χ1n) is 6.83. The van der Waals surface area contributed by atoms with Crippen molar-refractivity contribution >= 4 is 5.90 Å². The molecule has 1 heterocycles. The van der Waals surface area contributed by atoms with Crippen molar-refractivity contribution < 1.29 is 4.74 Å². The Balaban J connectivity index is 2.05. The van der Waals surface area contributed by atoms with Crippen LogP contribution in [0.2, 0.25) is 0 Å². The first-order chi connectivity index (χ1) is 8.86. The van der Waals surface area contributed by atoms with Crippen molar-refractivity contribution in [1.29, 1.82) is 0 Å². The first kappa shape index (κ1) is 11.7. The van der Waals surface area contributed by atoms with Gasteiger partial charge in [0.25, 0.3) is 0 Å². The van der Waals surface area contributed by atoms with Gasteiger partial charge in [0.1, 0.15) is 6.61 Å². The molecule has 0 bridgehead atoms. The molecular weight excluding hydrogens is 224 g/mol. The van der Waals surface area contributed by atoms with Crippen LogP contribution in [0.5, 0.6) is 0 Å². The minimum absolute atomic E-state index is 0.144. The van der Waals surface area contributed by atoms with Gasteiger partial charge in [-0.05, 0) is 24.5 Å². The topological polar surface area (TPSA) is 47.6 Å². The summed E-state index contributed by atoms with van der Waals surface area (Å²) in [4.78, 5) is 4.46. The third kappa shape index (κ3) is 1.83. The fourth-order valence-electron chi connectivity index (χ4n) is 3.27. The molecule has 1 aromatic rings. The Labute approximate surface area is 108 Å². The molecule has 3 heteroatoms. The zero-order valence-electron chi connectivity index (χ0n) is 10.7. The second-order valence-electron chi connectivity index (χ2n) is 5.27. The van der Waals surface area contributed by atoms with E-state index >= 15 is 0 Å². The van der Waals surface area contributed by atoms with Crippen molar-refractivity contribution in [2.45, 2.75) is 31.1 Å². The van der Waals surface area contributed by atoms with Crippen molar-refractivity contribution in [1.82, 2.24) is 0 Å². The highest BCUT2D eigenvalue weighted by molar-refractivity contribution is 5.96. The first-order valence-corrected chi connectivity index (χ1v) is 6.83. The molecular formula is C15H20N2O. The molecule has 18 heavy (non-hydrogen) atoms. The average molecular weight is 244 g/mol. The Morgan fingerprint density at radius 1 is 1.22 bits per heavy atom. The largest absolute Gasteiger partial charge is 0.476 e. The number of nitrogens with two attached hydrogens (primary N) is 1. The lowest BCUT2D eigenvalue weighted by molar-refractivity contribution is 0.346. The SMILES string of the molecule is NCC1(c2ccccc2C2=NCCO2)CCCC1. The van der Waals surface area contributed by atoms with E-state index in [1.165, 1.54) is 31.2 Å². The maximum atomic E-state index is 6.09. The number of hydrogen-bond donors (Lipinski definition) is 1. The van der Waals surface area contributed by atoms with Crippen LogP contribution in [-0.4, -0.2) is 25.6 Å². The van der Waals surface area contributed by atoms with Gasteiger partial charge in [-0.15, -0.1) is 0 Å². The lowest BCUT2D eigenvalue weighted by Crippen LogP contribution is -2.33. The number of rotatable bonds is 3. The third-order valence-electron chi connectivity index (χ3n) is 4.27. The molecule has 3 rings (SSSR count). The Bertz CT molecular complexity index is 461. The molecule has 96 valence electrons. The van der Waals surface area contributed by atoms with Crippen LogP contribution in [0, 0.1) is 0 Å². The highest BCUT2D eigenvalue weighted by atomic mass is 16.5. The number of nitrogens with zero attached hydrogens (tertiary/aromatic N) is 1. The quantitative estimate of drug-likeness (QED) is 0.886. The lowest BCUT2D eigenvalue weighted by Gasteiger charge is -2.30. The predicted molar refractivity (Wildman–Crippen MR) is 73.0 cm³/mol. The zero-order valence-corrected chi connectivity index (χ0v) is 10.7. The van der Waals surface area contributed by atoms with E-state index in [2.05, 4.69) is 29.3 Å². The number of hydrogen-bond acceptors (Lipinski definition) is 3. The van der Waals surface area contributed by atoms with Gasteiger partial charge in [0, 0.05) is 17.5 Å². The van der Waals surface area contributed by atoms with Crippen molar-refractivity contribution in [3.8, 4) is 0 Å². The highest BCUT2D eigenvalue weighted by Gasteiger charge is 2.36. The molecule has 1 fully saturated rings. The Kier molecular flexibility index (Phi) is 3.08. The van der Waals surface area contributed by atoms with Crippen LogP contribution >= 0.6 is 0 Å². The van der Waals surface area contributed by atoms with E-state index in [0.29, 0.717) is 6.61 Å². The molecule has 2 N–H and O–H groups in total. The maximum Gasteiger partial charge on any atom is 0.216 e. The lowest BCUT2D eigenvalue weighted by atomic mass is 9.76. The molecule has 0 radical (unpaired) electrons. The number of benzene rings is 1. The molecule has 0 spiro atoms. The van der Waals surface area contributed by atoms with E-state index in [0.717, 1.165) is 24.6 Å². The molecule has 3 nitrogen and oxygen atoms in total. The standard InChI is InChI=1S/C15H20N2O/c16-11-15(7-3-4-8-15)13-6-2-1-5-12(13)14-17-9-10-18-14/h1-2,5-6H,3-4,7-11,16H2. The summed E-state index contributed by atoms with van der Waals surface area (Å²) in [5, 5.41) is 0. The predicted octanol–water partition coefficient (Wildman–Crippen LogP) is 2.23. The van der Waals surface area contributed by atoms with E-state index in [-0.39, 0.29) is 5.41 Å². The van der Waals surface area contributed by atoms with Crippen molar-refractivity contribution in [3.05, 3.63) is 35.4 Å². The van der Waals surface area contributed by atoms with Crippen LogP contribution in [0.1, 0.15) is 36.8 Å². The third-order valence-corrected chi connectivity index (χ3v) is 4.27. The summed E-state index contributed by atoms with van der Waals surface area (Å²) in [5.74, 6) is 0.810. The number of ether oxygens (including phenoxy) is 1.